The van der Waals surface area contributed by atoms with Crippen molar-refractivity contribution in [3.63, 3.8) is 0 Å². The molecule has 3 heterocycles. The Morgan fingerprint density at radius 3 is 2.61 bits per heavy atom. The van der Waals surface area contributed by atoms with Crippen LogP contribution in [-0.2, 0) is 0 Å². The molecule has 2 aromatic carbocycles. The number of nitrogens with one attached hydrogen (secondary N) is 1. The Morgan fingerprint density at radius 2 is 1.82 bits per heavy atom. The van der Waals surface area contributed by atoms with Crippen LogP contribution in [0.3, 0.4) is 0 Å². The summed E-state index contributed by atoms with van der Waals surface area (Å²) < 4.78 is 29.0. The molecule has 0 saturated carbocycles. The van der Waals surface area contributed by atoms with Crippen molar-refractivity contribution in [2.45, 2.75) is 6.43 Å². The Hall–Kier alpha value is -3.39. The number of benzene rings is 2. The Kier molecular flexibility index (Phi) is 3.80. The Bertz CT molecular complexity index is 1370. The lowest BCUT2D eigenvalue weighted by Crippen LogP contribution is -2.00. The quantitative estimate of drug-likeness (QED) is 0.472. The maximum atomic E-state index is 13.2. The number of nitrogens with zero attached hydrogens (tertiary/aromatic N) is 3. The summed E-state index contributed by atoms with van der Waals surface area (Å²) in [6, 6.07) is 17.8. The molecular formula is C20H12F2N4OS. The van der Waals surface area contributed by atoms with Crippen LogP contribution >= 0.6 is 11.3 Å². The van der Waals surface area contributed by atoms with E-state index in [-0.39, 0.29) is 10.6 Å². The summed E-state index contributed by atoms with van der Waals surface area (Å²) in [5, 5.41) is 0. The molecule has 5 rings (SSSR count). The molecule has 1 N–H and O–H groups in total. The number of rotatable bonds is 3. The van der Waals surface area contributed by atoms with Gasteiger partial charge in [-0.3, -0.25) is 9.36 Å². The van der Waals surface area contributed by atoms with Crippen molar-refractivity contribution in [1.29, 1.82) is 0 Å². The highest BCUT2D eigenvalue weighted by Gasteiger charge is 2.18. The summed E-state index contributed by atoms with van der Waals surface area (Å²) in [5.41, 5.74) is 2.82. The van der Waals surface area contributed by atoms with Gasteiger partial charge in [-0.2, -0.15) is 0 Å². The predicted octanol–water partition coefficient (Wildman–Crippen LogP) is 4.93. The third-order valence-corrected chi connectivity index (χ3v) is 5.29. The van der Waals surface area contributed by atoms with Crippen LogP contribution in [0, 0.1) is 0 Å². The zero-order valence-electron chi connectivity index (χ0n) is 14.3. The lowest BCUT2D eigenvalue weighted by atomic mass is 10.2. The lowest BCUT2D eigenvalue weighted by molar-refractivity contribution is 0.146. The number of imidazole rings is 1. The smallest absolute Gasteiger partial charge is 0.305 e. The lowest BCUT2D eigenvalue weighted by Gasteiger charge is -2.09. The van der Waals surface area contributed by atoms with Crippen LogP contribution in [0.4, 0.5) is 8.78 Å². The average Bonchev–Trinajstić information content (AvgIpc) is 3.26. The number of alkyl halides is 2. The van der Waals surface area contributed by atoms with Gasteiger partial charge in [-0.25, -0.2) is 18.7 Å². The van der Waals surface area contributed by atoms with Crippen LogP contribution in [0.25, 0.3) is 38.5 Å². The van der Waals surface area contributed by atoms with Gasteiger partial charge in [-0.15, -0.1) is 0 Å². The van der Waals surface area contributed by atoms with Crippen molar-refractivity contribution in [3.8, 4) is 17.1 Å². The van der Waals surface area contributed by atoms with E-state index in [1.807, 2.05) is 42.5 Å². The van der Waals surface area contributed by atoms with Gasteiger partial charge in [0.15, 0.2) is 5.65 Å². The first-order chi connectivity index (χ1) is 13.6. The number of H-pyrrole nitrogens is 1. The number of halogens is 2. The highest BCUT2D eigenvalue weighted by molar-refractivity contribution is 7.16. The van der Waals surface area contributed by atoms with Crippen molar-refractivity contribution < 1.29 is 8.78 Å². The van der Waals surface area contributed by atoms with Gasteiger partial charge in [0.05, 0.1) is 15.9 Å². The normalized spacial score (nSPS) is 11.7. The van der Waals surface area contributed by atoms with Crippen LogP contribution in [0.1, 0.15) is 12.1 Å². The molecule has 0 saturated heterocycles. The molecule has 3 aromatic heterocycles. The van der Waals surface area contributed by atoms with Crippen LogP contribution in [0.2, 0.25) is 0 Å². The first-order valence-corrected chi connectivity index (χ1v) is 9.28. The fourth-order valence-corrected chi connectivity index (χ4v) is 3.96. The minimum atomic E-state index is -2.68. The molecule has 0 amide bonds. The molecule has 8 heteroatoms. The van der Waals surface area contributed by atoms with E-state index < -0.39 is 6.43 Å². The SMILES string of the molecule is O=c1[nH]c2ccc(-n3c(-c4ccccc4)nc4ccc(C(F)F)nc43)cc2s1. The summed E-state index contributed by atoms with van der Waals surface area (Å²) in [4.78, 5) is 23.1. The molecule has 0 bridgehead atoms. The van der Waals surface area contributed by atoms with Gasteiger partial charge in [-0.05, 0) is 30.3 Å². The number of hydrogen-bond donors (Lipinski definition) is 1. The third-order valence-electron chi connectivity index (χ3n) is 4.44. The van der Waals surface area contributed by atoms with Crippen molar-refractivity contribution in [1.82, 2.24) is 19.5 Å². The zero-order valence-corrected chi connectivity index (χ0v) is 15.1. The Balaban J connectivity index is 1.84. The van der Waals surface area contributed by atoms with Crippen LogP contribution < -0.4 is 4.87 Å². The number of hydrogen-bond acceptors (Lipinski definition) is 4. The van der Waals surface area contributed by atoms with Gasteiger partial charge in [0.25, 0.3) is 6.43 Å². The monoisotopic (exact) mass is 394 g/mol. The second kappa shape index (κ2) is 6.35. The molecule has 5 aromatic rings. The predicted molar refractivity (Wildman–Crippen MR) is 105 cm³/mol. The van der Waals surface area contributed by atoms with Gasteiger partial charge >= 0.3 is 4.87 Å². The third kappa shape index (κ3) is 2.69. The van der Waals surface area contributed by atoms with E-state index in [0.29, 0.717) is 22.7 Å². The highest BCUT2D eigenvalue weighted by atomic mass is 32.1. The second-order valence-electron chi connectivity index (χ2n) is 6.21. The standard InChI is InChI=1S/C20H12F2N4OS/c21-17(22)14-8-9-15-19(23-14)26(18(24-15)11-4-2-1-3-5-11)12-6-7-13-16(10-12)28-20(27)25-13/h1-10,17H,(H,25,27). The Labute approximate surface area is 160 Å². The van der Waals surface area contributed by atoms with E-state index in [1.54, 1.807) is 16.7 Å². The minimum absolute atomic E-state index is 0.149. The van der Waals surface area contributed by atoms with Crippen LogP contribution in [0.15, 0.2) is 65.5 Å². The molecule has 0 aliphatic carbocycles. The molecule has 5 nitrogen and oxygen atoms in total. The number of aromatic nitrogens is 4. The van der Waals surface area contributed by atoms with Crippen LogP contribution in [0.5, 0.6) is 0 Å². The van der Waals surface area contributed by atoms with Crippen molar-refractivity contribution >= 4 is 32.7 Å². The summed E-state index contributed by atoms with van der Waals surface area (Å²) in [6.07, 6.45) is -2.68. The van der Waals surface area contributed by atoms with Gasteiger partial charge in [0, 0.05) is 5.56 Å². The van der Waals surface area contributed by atoms with Gasteiger partial charge in [-0.1, -0.05) is 41.7 Å². The largest absolute Gasteiger partial charge is 0.312 e. The summed E-state index contributed by atoms with van der Waals surface area (Å²) in [5.74, 6) is 0.594. The molecule has 0 fully saturated rings. The number of pyridine rings is 1. The fraction of sp³-hybridized carbons (Fsp3) is 0.0500. The summed E-state index contributed by atoms with van der Waals surface area (Å²) in [7, 11) is 0. The summed E-state index contributed by atoms with van der Waals surface area (Å²) in [6.45, 7) is 0. The molecule has 0 radical (unpaired) electrons. The number of aromatic amines is 1. The second-order valence-corrected chi connectivity index (χ2v) is 7.23. The first kappa shape index (κ1) is 16.8. The molecule has 0 aliphatic rings. The van der Waals surface area contributed by atoms with Crippen molar-refractivity contribution in [2.75, 3.05) is 0 Å². The highest BCUT2D eigenvalue weighted by Crippen LogP contribution is 2.30. The maximum Gasteiger partial charge on any atom is 0.305 e. The van der Waals surface area contributed by atoms with E-state index in [0.717, 1.165) is 27.1 Å². The molecule has 0 aliphatic heterocycles. The topological polar surface area (TPSA) is 63.6 Å². The Morgan fingerprint density at radius 1 is 1.00 bits per heavy atom. The first-order valence-electron chi connectivity index (χ1n) is 8.46. The van der Waals surface area contributed by atoms with Gasteiger partial charge in [0.1, 0.15) is 17.0 Å². The minimum Gasteiger partial charge on any atom is -0.312 e. The summed E-state index contributed by atoms with van der Waals surface area (Å²) >= 11 is 1.09. The van der Waals surface area contributed by atoms with Crippen molar-refractivity contribution in [2.24, 2.45) is 0 Å². The zero-order chi connectivity index (χ0) is 19.3. The molecule has 0 atom stereocenters. The van der Waals surface area contributed by atoms with E-state index >= 15 is 0 Å². The van der Waals surface area contributed by atoms with Crippen LogP contribution in [-0.4, -0.2) is 19.5 Å². The molecule has 138 valence electrons. The fourth-order valence-electron chi connectivity index (χ4n) is 3.19. The van der Waals surface area contributed by atoms with Gasteiger partial charge < -0.3 is 4.98 Å². The molecule has 0 unspecified atom stereocenters. The molecule has 0 spiro atoms. The van der Waals surface area contributed by atoms with E-state index in [1.165, 1.54) is 6.07 Å². The average molecular weight is 394 g/mol. The van der Waals surface area contributed by atoms with E-state index in [2.05, 4.69) is 15.0 Å². The number of fused-ring (bicyclic) bond motifs is 2. The molecular weight excluding hydrogens is 382 g/mol. The van der Waals surface area contributed by atoms with Crippen molar-refractivity contribution in [3.05, 3.63) is 76.0 Å². The maximum absolute atomic E-state index is 13.2. The molecule has 28 heavy (non-hydrogen) atoms. The van der Waals surface area contributed by atoms with E-state index in [9.17, 15) is 13.6 Å². The number of thiazole rings is 1. The van der Waals surface area contributed by atoms with Gasteiger partial charge in [0.2, 0.25) is 0 Å². The van der Waals surface area contributed by atoms with E-state index in [4.69, 9.17) is 0 Å².